The Bertz CT molecular complexity index is 370. The highest BCUT2D eigenvalue weighted by Gasteiger charge is 2.27. The number of piperazine rings is 1. The quantitative estimate of drug-likeness (QED) is 0.781. The normalized spacial score (nSPS) is 23.2. The Morgan fingerprint density at radius 3 is 2.05 bits per heavy atom. The molecule has 0 radical (unpaired) electrons. The van der Waals surface area contributed by atoms with Gasteiger partial charge in [0.15, 0.2) is 0 Å². The van der Waals surface area contributed by atoms with E-state index in [1.165, 1.54) is 0 Å². The van der Waals surface area contributed by atoms with Crippen LogP contribution >= 0.6 is 0 Å². The number of hydrogen-bond donors (Lipinski definition) is 1. The van der Waals surface area contributed by atoms with Crippen LogP contribution in [0.2, 0.25) is 0 Å². The van der Waals surface area contributed by atoms with Crippen LogP contribution < -0.4 is 0 Å². The second-order valence-corrected chi connectivity index (χ2v) is 6.24. The fourth-order valence-electron chi connectivity index (χ4n) is 3.16. The number of carbonyl (C=O) groups is 2. The zero-order valence-electron chi connectivity index (χ0n) is 13.1. The fourth-order valence-corrected chi connectivity index (χ4v) is 3.16. The third-order valence-corrected chi connectivity index (χ3v) is 4.75. The van der Waals surface area contributed by atoms with Gasteiger partial charge in [0.05, 0.1) is 12.6 Å². The summed E-state index contributed by atoms with van der Waals surface area (Å²) < 4.78 is 0. The van der Waals surface area contributed by atoms with Gasteiger partial charge in [-0.05, 0) is 38.8 Å². The Hall–Kier alpha value is -1.14. The zero-order chi connectivity index (χ0) is 15.4. The van der Waals surface area contributed by atoms with Crippen LogP contribution in [0.25, 0.3) is 0 Å². The lowest BCUT2D eigenvalue weighted by Gasteiger charge is -2.37. The first kappa shape index (κ1) is 16.2. The Morgan fingerprint density at radius 1 is 1.05 bits per heavy atom. The first-order valence-electron chi connectivity index (χ1n) is 7.91. The molecule has 1 unspecified atom stereocenters. The molecule has 0 aliphatic carbocycles. The summed E-state index contributed by atoms with van der Waals surface area (Å²) in [5.74, 6) is 0.617. The maximum absolute atomic E-state index is 12.3. The minimum atomic E-state index is -0.248. The minimum absolute atomic E-state index is 0.0855. The van der Waals surface area contributed by atoms with Crippen molar-refractivity contribution in [3.05, 3.63) is 0 Å². The molecule has 0 aromatic rings. The van der Waals surface area contributed by atoms with Gasteiger partial charge >= 0.3 is 0 Å². The number of aliphatic hydroxyl groups is 1. The number of likely N-dealkylation sites (tertiary alicyclic amines) is 1. The van der Waals surface area contributed by atoms with Crippen molar-refractivity contribution < 1.29 is 14.7 Å². The maximum Gasteiger partial charge on any atom is 0.236 e. The molecule has 2 aliphatic heterocycles. The Balaban J connectivity index is 1.72. The first-order valence-corrected chi connectivity index (χ1v) is 7.91. The molecule has 6 nitrogen and oxygen atoms in total. The van der Waals surface area contributed by atoms with E-state index in [1.54, 1.807) is 11.8 Å². The summed E-state index contributed by atoms with van der Waals surface area (Å²) in [6.07, 6.45) is 1.68. The Kier molecular flexibility index (Phi) is 5.58. The molecule has 2 amide bonds. The van der Waals surface area contributed by atoms with Gasteiger partial charge in [-0.3, -0.25) is 14.5 Å². The van der Waals surface area contributed by atoms with Crippen molar-refractivity contribution in [3.63, 3.8) is 0 Å². The lowest BCUT2D eigenvalue weighted by Crippen LogP contribution is -2.52. The van der Waals surface area contributed by atoms with Gasteiger partial charge in [-0.1, -0.05) is 0 Å². The van der Waals surface area contributed by atoms with E-state index in [1.807, 2.05) is 11.8 Å². The van der Waals surface area contributed by atoms with Crippen molar-refractivity contribution in [1.82, 2.24) is 14.7 Å². The summed E-state index contributed by atoms with van der Waals surface area (Å²) in [6, 6.07) is 0. The number of piperidine rings is 1. The van der Waals surface area contributed by atoms with E-state index < -0.39 is 0 Å². The zero-order valence-corrected chi connectivity index (χ0v) is 13.1. The molecule has 2 saturated heterocycles. The molecule has 0 aromatic heterocycles. The van der Waals surface area contributed by atoms with Crippen LogP contribution in [0.4, 0.5) is 0 Å². The highest BCUT2D eigenvalue weighted by atomic mass is 16.3. The largest absolute Gasteiger partial charge is 0.393 e. The third kappa shape index (κ3) is 4.41. The van der Waals surface area contributed by atoms with Crippen LogP contribution in [0, 0.1) is 5.92 Å². The summed E-state index contributed by atoms with van der Waals surface area (Å²) >= 11 is 0. The van der Waals surface area contributed by atoms with E-state index in [0.717, 1.165) is 25.9 Å². The third-order valence-electron chi connectivity index (χ3n) is 4.75. The van der Waals surface area contributed by atoms with Gasteiger partial charge in [-0.15, -0.1) is 0 Å². The second-order valence-electron chi connectivity index (χ2n) is 6.24. The molecule has 1 atom stereocenters. The molecule has 0 bridgehead atoms. The van der Waals surface area contributed by atoms with Crippen LogP contribution in [0.3, 0.4) is 0 Å². The Morgan fingerprint density at radius 2 is 1.57 bits per heavy atom. The molecule has 0 aromatic carbocycles. The highest BCUT2D eigenvalue weighted by Crippen LogP contribution is 2.20. The number of carbonyl (C=O) groups excluding carboxylic acids is 2. The van der Waals surface area contributed by atoms with Crippen LogP contribution in [0.1, 0.15) is 26.7 Å². The molecule has 0 saturated carbocycles. The average Bonchev–Trinajstić information content (AvgIpc) is 2.47. The predicted octanol–water partition coefficient (Wildman–Crippen LogP) is -0.230. The summed E-state index contributed by atoms with van der Waals surface area (Å²) in [6.45, 7) is 8.22. The molecule has 2 fully saturated rings. The minimum Gasteiger partial charge on any atom is -0.393 e. The maximum atomic E-state index is 12.3. The van der Waals surface area contributed by atoms with Gasteiger partial charge in [-0.2, -0.15) is 0 Å². The van der Waals surface area contributed by atoms with Crippen molar-refractivity contribution in [3.8, 4) is 0 Å². The van der Waals surface area contributed by atoms with Gasteiger partial charge in [0.1, 0.15) is 0 Å². The number of nitrogens with zero attached hydrogens (tertiary/aromatic N) is 3. The van der Waals surface area contributed by atoms with Crippen molar-refractivity contribution in [1.29, 1.82) is 0 Å². The molecule has 21 heavy (non-hydrogen) atoms. The lowest BCUT2D eigenvalue weighted by molar-refractivity contribution is -0.139. The van der Waals surface area contributed by atoms with Crippen molar-refractivity contribution >= 4 is 11.8 Å². The molecule has 2 heterocycles. The lowest BCUT2D eigenvalue weighted by atomic mass is 9.92. The summed E-state index contributed by atoms with van der Waals surface area (Å²) in [5.41, 5.74) is 0. The molecule has 2 rings (SSSR count). The topological polar surface area (TPSA) is 64.1 Å². The molecule has 6 heteroatoms. The van der Waals surface area contributed by atoms with E-state index in [9.17, 15) is 14.7 Å². The highest BCUT2D eigenvalue weighted by molar-refractivity contribution is 5.79. The smallest absolute Gasteiger partial charge is 0.236 e. The number of hydrogen-bond acceptors (Lipinski definition) is 4. The van der Waals surface area contributed by atoms with Crippen LogP contribution in [0.15, 0.2) is 0 Å². The molecule has 2 aliphatic rings. The molecular weight excluding hydrogens is 270 g/mol. The molecular formula is C15H27N3O3. The van der Waals surface area contributed by atoms with E-state index in [4.69, 9.17) is 0 Å². The molecule has 120 valence electrons. The standard InChI is InChI=1S/C15H27N3O3/c1-12(19)14-3-5-16(6-4-14)11-15(21)18-9-7-17(8-10-18)13(2)20/h12,14,19H,3-11H2,1-2H3. The van der Waals surface area contributed by atoms with Crippen molar-refractivity contribution in [2.75, 3.05) is 45.8 Å². The molecule has 0 spiro atoms. The summed E-state index contributed by atoms with van der Waals surface area (Å²) in [5, 5.41) is 9.59. The summed E-state index contributed by atoms with van der Waals surface area (Å²) in [4.78, 5) is 29.4. The monoisotopic (exact) mass is 297 g/mol. The first-order chi connectivity index (χ1) is 9.97. The number of amides is 2. The van der Waals surface area contributed by atoms with E-state index >= 15 is 0 Å². The van der Waals surface area contributed by atoms with Gasteiger partial charge in [-0.25, -0.2) is 0 Å². The van der Waals surface area contributed by atoms with Gasteiger partial charge in [0.2, 0.25) is 11.8 Å². The predicted molar refractivity (Wildman–Crippen MR) is 79.7 cm³/mol. The van der Waals surface area contributed by atoms with E-state index in [0.29, 0.717) is 38.6 Å². The van der Waals surface area contributed by atoms with Gasteiger partial charge < -0.3 is 14.9 Å². The van der Waals surface area contributed by atoms with Crippen LogP contribution in [-0.4, -0.2) is 83.5 Å². The summed E-state index contributed by atoms with van der Waals surface area (Å²) in [7, 11) is 0. The van der Waals surface area contributed by atoms with E-state index in [-0.39, 0.29) is 17.9 Å². The Labute approximate surface area is 126 Å². The van der Waals surface area contributed by atoms with Gasteiger partial charge in [0.25, 0.3) is 0 Å². The van der Waals surface area contributed by atoms with Crippen LogP contribution in [0.5, 0.6) is 0 Å². The second kappa shape index (κ2) is 7.22. The average molecular weight is 297 g/mol. The van der Waals surface area contributed by atoms with Crippen molar-refractivity contribution in [2.24, 2.45) is 5.92 Å². The van der Waals surface area contributed by atoms with Gasteiger partial charge in [0, 0.05) is 33.1 Å². The molecule has 1 N–H and O–H groups in total. The number of aliphatic hydroxyl groups excluding tert-OH is 1. The van der Waals surface area contributed by atoms with E-state index in [2.05, 4.69) is 4.90 Å². The van der Waals surface area contributed by atoms with Crippen molar-refractivity contribution in [2.45, 2.75) is 32.8 Å². The number of rotatable bonds is 3. The van der Waals surface area contributed by atoms with Crippen LogP contribution in [-0.2, 0) is 9.59 Å². The fraction of sp³-hybridized carbons (Fsp3) is 0.867. The SMILES string of the molecule is CC(=O)N1CCN(C(=O)CN2CCC(C(C)O)CC2)CC1.